The van der Waals surface area contributed by atoms with E-state index in [0.717, 1.165) is 0 Å². The van der Waals surface area contributed by atoms with E-state index < -0.39 is 6.36 Å². The fraction of sp³-hybridized carbons (Fsp3) is 0.133. The second-order valence-electron chi connectivity index (χ2n) is 4.10. The molecule has 0 spiro atoms. The number of methoxy groups -OCH3 is 1. The Morgan fingerprint density at radius 3 is 2.38 bits per heavy atom. The molecule has 108 valence electrons. The van der Waals surface area contributed by atoms with Crippen LogP contribution in [0.25, 0.3) is 11.1 Å². The molecule has 0 atom stereocenters. The van der Waals surface area contributed by atoms with Crippen molar-refractivity contribution in [1.82, 2.24) is 0 Å². The van der Waals surface area contributed by atoms with E-state index in [1.807, 2.05) is 6.07 Å². The van der Waals surface area contributed by atoms with Crippen molar-refractivity contribution in [2.75, 3.05) is 7.11 Å². The summed E-state index contributed by atoms with van der Waals surface area (Å²) < 4.78 is 45.6. The quantitative estimate of drug-likeness (QED) is 0.854. The van der Waals surface area contributed by atoms with Gasteiger partial charge in [0.15, 0.2) is 0 Å². The number of hydrogen-bond acceptors (Lipinski definition) is 3. The number of nitrogens with zero attached hydrogens (tertiary/aromatic N) is 1. The summed E-state index contributed by atoms with van der Waals surface area (Å²) in [5, 5.41) is 8.91. The van der Waals surface area contributed by atoms with Crippen molar-refractivity contribution >= 4 is 0 Å². The first-order chi connectivity index (χ1) is 9.93. The monoisotopic (exact) mass is 293 g/mol. The first-order valence-corrected chi connectivity index (χ1v) is 5.87. The minimum absolute atomic E-state index is 0.302. The van der Waals surface area contributed by atoms with Crippen LogP contribution in [0.15, 0.2) is 42.5 Å². The summed E-state index contributed by atoms with van der Waals surface area (Å²) in [6, 6.07) is 12.3. The summed E-state index contributed by atoms with van der Waals surface area (Å²) >= 11 is 0. The predicted octanol–water partition coefficient (Wildman–Crippen LogP) is 4.13. The highest BCUT2D eigenvalue weighted by molar-refractivity contribution is 5.68. The number of nitriles is 1. The summed E-state index contributed by atoms with van der Waals surface area (Å²) in [4.78, 5) is 0. The molecule has 2 rings (SSSR count). The molecule has 0 aliphatic heterocycles. The van der Waals surface area contributed by atoms with E-state index in [2.05, 4.69) is 4.74 Å². The van der Waals surface area contributed by atoms with Crippen LogP contribution < -0.4 is 9.47 Å². The second-order valence-corrected chi connectivity index (χ2v) is 4.10. The van der Waals surface area contributed by atoms with Crippen LogP contribution in [-0.4, -0.2) is 13.5 Å². The molecule has 0 unspecified atom stereocenters. The van der Waals surface area contributed by atoms with Gasteiger partial charge in [-0.1, -0.05) is 18.2 Å². The molecular formula is C15H10F3NO2. The van der Waals surface area contributed by atoms with Crippen molar-refractivity contribution in [2.45, 2.75) is 6.36 Å². The van der Waals surface area contributed by atoms with Gasteiger partial charge >= 0.3 is 6.36 Å². The van der Waals surface area contributed by atoms with E-state index in [1.165, 1.54) is 25.3 Å². The number of halogens is 3. The van der Waals surface area contributed by atoms with Gasteiger partial charge < -0.3 is 9.47 Å². The van der Waals surface area contributed by atoms with Crippen molar-refractivity contribution in [2.24, 2.45) is 0 Å². The van der Waals surface area contributed by atoms with E-state index >= 15 is 0 Å². The Hall–Kier alpha value is -2.68. The van der Waals surface area contributed by atoms with Gasteiger partial charge in [0.1, 0.15) is 17.6 Å². The molecule has 6 heteroatoms. The van der Waals surface area contributed by atoms with Crippen LogP contribution in [0.2, 0.25) is 0 Å². The highest BCUT2D eigenvalue weighted by atomic mass is 19.4. The van der Waals surface area contributed by atoms with Crippen LogP contribution in [0.5, 0.6) is 11.5 Å². The molecule has 0 saturated heterocycles. The summed E-state index contributed by atoms with van der Waals surface area (Å²) in [6.07, 6.45) is -4.74. The third-order valence-corrected chi connectivity index (χ3v) is 2.72. The highest BCUT2D eigenvalue weighted by Gasteiger charge is 2.31. The van der Waals surface area contributed by atoms with E-state index in [1.54, 1.807) is 24.3 Å². The lowest BCUT2D eigenvalue weighted by Crippen LogP contribution is -2.17. The standard InChI is InChI=1S/C15H10F3NO2/c1-20-14-8-11(5-6-12(14)9-19)10-3-2-4-13(7-10)21-15(16,17)18/h2-8H,1H3. The fourth-order valence-electron chi connectivity index (χ4n) is 1.84. The lowest BCUT2D eigenvalue weighted by atomic mass is 10.0. The summed E-state index contributed by atoms with van der Waals surface area (Å²) in [5.41, 5.74) is 1.50. The third kappa shape index (κ3) is 3.66. The van der Waals surface area contributed by atoms with Crippen molar-refractivity contribution < 1.29 is 22.6 Å². The van der Waals surface area contributed by atoms with Gasteiger partial charge in [0.05, 0.1) is 12.7 Å². The molecule has 0 fully saturated rings. The molecule has 3 nitrogen and oxygen atoms in total. The van der Waals surface area contributed by atoms with E-state index in [4.69, 9.17) is 10.00 Å². The molecule has 2 aromatic carbocycles. The van der Waals surface area contributed by atoms with Crippen molar-refractivity contribution in [3.05, 3.63) is 48.0 Å². The molecule has 0 bridgehead atoms. The Morgan fingerprint density at radius 2 is 1.76 bits per heavy atom. The summed E-state index contributed by atoms with van der Waals surface area (Å²) in [7, 11) is 1.42. The van der Waals surface area contributed by atoms with E-state index in [9.17, 15) is 13.2 Å². The molecule has 0 saturated carbocycles. The van der Waals surface area contributed by atoms with Crippen LogP contribution in [0, 0.1) is 11.3 Å². The largest absolute Gasteiger partial charge is 0.573 e. The number of rotatable bonds is 3. The molecule has 21 heavy (non-hydrogen) atoms. The molecule has 0 amide bonds. The zero-order valence-corrected chi connectivity index (χ0v) is 10.9. The van der Waals surface area contributed by atoms with Gasteiger partial charge in [-0.25, -0.2) is 0 Å². The fourth-order valence-corrected chi connectivity index (χ4v) is 1.84. The minimum atomic E-state index is -4.74. The molecule has 0 heterocycles. The molecule has 0 radical (unpaired) electrons. The Labute approximate surface area is 119 Å². The average Bonchev–Trinajstić information content (AvgIpc) is 2.45. The van der Waals surface area contributed by atoms with Crippen LogP contribution in [-0.2, 0) is 0 Å². The second kappa shape index (κ2) is 5.75. The van der Waals surface area contributed by atoms with Crippen LogP contribution in [0.1, 0.15) is 5.56 Å². The highest BCUT2D eigenvalue weighted by Crippen LogP contribution is 2.30. The van der Waals surface area contributed by atoms with Gasteiger partial charge in [-0.15, -0.1) is 13.2 Å². The Morgan fingerprint density at radius 1 is 1.05 bits per heavy atom. The number of alkyl halides is 3. The SMILES string of the molecule is COc1cc(-c2cccc(OC(F)(F)F)c2)ccc1C#N. The lowest BCUT2D eigenvalue weighted by Gasteiger charge is -2.11. The van der Waals surface area contributed by atoms with Crippen molar-refractivity contribution in [3.63, 3.8) is 0 Å². The first kappa shape index (κ1) is 14.7. The third-order valence-electron chi connectivity index (χ3n) is 2.72. The predicted molar refractivity (Wildman–Crippen MR) is 69.8 cm³/mol. The van der Waals surface area contributed by atoms with Gasteiger partial charge in [-0.3, -0.25) is 0 Å². The molecule has 0 N–H and O–H groups in total. The zero-order valence-electron chi connectivity index (χ0n) is 10.9. The van der Waals surface area contributed by atoms with Crippen molar-refractivity contribution in [3.8, 4) is 28.7 Å². The van der Waals surface area contributed by atoms with Gasteiger partial charge in [0.2, 0.25) is 0 Å². The van der Waals surface area contributed by atoms with Crippen LogP contribution in [0.3, 0.4) is 0 Å². The Bertz CT molecular complexity index is 690. The van der Waals surface area contributed by atoms with E-state index in [0.29, 0.717) is 22.4 Å². The van der Waals surface area contributed by atoms with Gasteiger partial charge in [0.25, 0.3) is 0 Å². The van der Waals surface area contributed by atoms with Crippen LogP contribution >= 0.6 is 0 Å². The maximum absolute atomic E-state index is 12.2. The zero-order chi connectivity index (χ0) is 15.5. The van der Waals surface area contributed by atoms with Crippen molar-refractivity contribution in [1.29, 1.82) is 5.26 Å². The molecular weight excluding hydrogens is 283 g/mol. The maximum Gasteiger partial charge on any atom is 0.573 e. The minimum Gasteiger partial charge on any atom is -0.495 e. The van der Waals surface area contributed by atoms with E-state index in [-0.39, 0.29) is 5.75 Å². The van der Waals surface area contributed by atoms with Gasteiger partial charge in [0, 0.05) is 0 Å². The summed E-state index contributed by atoms with van der Waals surface area (Å²) in [6.45, 7) is 0. The number of benzene rings is 2. The molecule has 0 aliphatic rings. The molecule has 0 aliphatic carbocycles. The number of ether oxygens (including phenoxy) is 2. The number of hydrogen-bond donors (Lipinski definition) is 0. The normalized spacial score (nSPS) is 10.8. The lowest BCUT2D eigenvalue weighted by molar-refractivity contribution is -0.274. The summed E-state index contributed by atoms with van der Waals surface area (Å²) in [5.74, 6) is 0.0560. The molecule has 2 aromatic rings. The topological polar surface area (TPSA) is 42.2 Å². The molecule has 0 aromatic heterocycles. The first-order valence-electron chi connectivity index (χ1n) is 5.87. The van der Waals surface area contributed by atoms with Crippen LogP contribution in [0.4, 0.5) is 13.2 Å². The Kier molecular flexibility index (Phi) is 4.03. The maximum atomic E-state index is 12.2. The average molecular weight is 293 g/mol. The van der Waals surface area contributed by atoms with Gasteiger partial charge in [-0.2, -0.15) is 5.26 Å². The Balaban J connectivity index is 2.39. The smallest absolute Gasteiger partial charge is 0.495 e. The van der Waals surface area contributed by atoms with Gasteiger partial charge in [-0.05, 0) is 35.4 Å².